The first-order chi connectivity index (χ1) is 7.24. The van der Waals surface area contributed by atoms with E-state index in [-0.39, 0.29) is 9.89 Å². The molecule has 0 aliphatic heterocycles. The molecular weight excluding hydrogens is 309 g/mol. The quantitative estimate of drug-likeness (QED) is 0.357. The van der Waals surface area contributed by atoms with Crippen LogP contribution in [0.5, 0.6) is 0 Å². The largest absolute Gasteiger partial charge is 0.468 e. The van der Waals surface area contributed by atoms with Crippen LogP contribution < -0.4 is 5.32 Å². The monoisotopic (exact) mass is 323 g/mol. The molecule has 1 rings (SSSR count). The number of aromatic nitrogens is 2. The summed E-state index contributed by atoms with van der Waals surface area (Å²) in [7, 11) is 1.40. The molecule has 0 bridgehead atoms. The summed E-state index contributed by atoms with van der Waals surface area (Å²) in [5.74, 6) is -0.192. The van der Waals surface area contributed by atoms with Crippen LogP contribution in [0.25, 0.3) is 0 Å². The van der Waals surface area contributed by atoms with Crippen molar-refractivity contribution in [3.63, 3.8) is 0 Å². The smallest absolute Gasteiger partial charge is 0.319 e. The van der Waals surface area contributed by atoms with E-state index >= 15 is 0 Å². The Hall–Kier alpha value is -0.630. The third-order valence-electron chi connectivity index (χ3n) is 1.86. The highest BCUT2D eigenvalue weighted by Gasteiger charge is 2.13. The van der Waals surface area contributed by atoms with Crippen LogP contribution in [0.4, 0.5) is 0 Å². The van der Waals surface area contributed by atoms with Crippen molar-refractivity contribution in [1.82, 2.24) is 15.1 Å². The lowest BCUT2D eigenvalue weighted by molar-refractivity contribution is -0.139. The summed E-state index contributed by atoms with van der Waals surface area (Å²) in [6.45, 7) is 2.21. The predicted octanol–water partition coefficient (Wildman–Crippen LogP) is 0.449. The second-order valence-electron chi connectivity index (χ2n) is 2.96. The van der Waals surface area contributed by atoms with Gasteiger partial charge in [0.05, 0.1) is 13.7 Å². The van der Waals surface area contributed by atoms with Gasteiger partial charge in [0.15, 0.2) is 0 Å². The Kier molecular flexibility index (Phi) is 5.62. The summed E-state index contributed by atoms with van der Waals surface area (Å²) in [6.07, 6.45) is 3.65. The van der Waals surface area contributed by atoms with Crippen LogP contribution >= 0.6 is 22.6 Å². The number of methoxy groups -OCH3 is 1. The molecule has 6 heteroatoms. The van der Waals surface area contributed by atoms with Gasteiger partial charge in [-0.05, 0) is 6.07 Å². The minimum atomic E-state index is -0.192. The average Bonchev–Trinajstić information content (AvgIpc) is 2.75. The molecule has 5 nitrogen and oxygen atoms in total. The van der Waals surface area contributed by atoms with E-state index in [1.807, 2.05) is 16.9 Å². The zero-order chi connectivity index (χ0) is 11.1. The molecule has 0 saturated heterocycles. The molecule has 1 aromatic heterocycles. The normalized spacial score (nSPS) is 12.4. The van der Waals surface area contributed by atoms with Crippen molar-refractivity contribution in [2.45, 2.75) is 10.5 Å². The molecule has 0 aliphatic rings. The van der Waals surface area contributed by atoms with Gasteiger partial charge < -0.3 is 10.1 Å². The molecule has 1 aromatic rings. The zero-order valence-electron chi connectivity index (χ0n) is 8.52. The molecule has 1 N–H and O–H groups in total. The highest BCUT2D eigenvalue weighted by Crippen LogP contribution is 2.00. The number of hydrogen-bond donors (Lipinski definition) is 1. The van der Waals surface area contributed by atoms with Gasteiger partial charge in [-0.1, -0.05) is 22.6 Å². The first-order valence-corrected chi connectivity index (χ1v) is 5.88. The maximum atomic E-state index is 11.0. The van der Waals surface area contributed by atoms with Crippen LogP contribution in [-0.4, -0.2) is 39.9 Å². The van der Waals surface area contributed by atoms with Crippen LogP contribution in [-0.2, 0) is 16.1 Å². The molecule has 1 atom stereocenters. The summed E-state index contributed by atoms with van der Waals surface area (Å²) in [5, 5.41) is 7.24. The summed E-state index contributed by atoms with van der Waals surface area (Å²) in [4.78, 5) is 11.0. The fourth-order valence-electron chi connectivity index (χ4n) is 1.07. The Bertz CT molecular complexity index is 290. The number of nitrogens with one attached hydrogen (secondary N) is 1. The highest BCUT2D eigenvalue weighted by atomic mass is 127. The molecule has 0 fully saturated rings. The van der Waals surface area contributed by atoms with Crippen LogP contribution in [0.2, 0.25) is 0 Å². The second kappa shape index (κ2) is 6.78. The zero-order valence-corrected chi connectivity index (χ0v) is 10.7. The molecule has 1 unspecified atom stereocenters. The molecular formula is C9H14IN3O2. The van der Waals surface area contributed by atoms with Gasteiger partial charge in [0.25, 0.3) is 0 Å². The van der Waals surface area contributed by atoms with Gasteiger partial charge in [-0.25, -0.2) is 0 Å². The van der Waals surface area contributed by atoms with Gasteiger partial charge in [-0.3, -0.25) is 9.48 Å². The second-order valence-corrected chi connectivity index (χ2v) is 4.47. The number of hydrogen-bond acceptors (Lipinski definition) is 4. The van der Waals surface area contributed by atoms with Crippen molar-refractivity contribution in [2.24, 2.45) is 0 Å². The molecule has 0 aliphatic carbocycles. The van der Waals surface area contributed by atoms with Gasteiger partial charge >= 0.3 is 5.97 Å². The van der Waals surface area contributed by atoms with E-state index in [1.165, 1.54) is 7.11 Å². The lowest BCUT2D eigenvalue weighted by Crippen LogP contribution is -2.31. The number of halogens is 1. The highest BCUT2D eigenvalue weighted by molar-refractivity contribution is 14.1. The topological polar surface area (TPSA) is 56.1 Å². The van der Waals surface area contributed by atoms with Gasteiger partial charge in [-0.2, -0.15) is 5.10 Å². The fraction of sp³-hybridized carbons (Fsp3) is 0.556. The Morgan fingerprint density at radius 2 is 2.53 bits per heavy atom. The van der Waals surface area contributed by atoms with Crippen molar-refractivity contribution >= 4 is 28.6 Å². The van der Waals surface area contributed by atoms with Crippen molar-refractivity contribution in [3.8, 4) is 0 Å². The van der Waals surface area contributed by atoms with Crippen LogP contribution in [0, 0.1) is 0 Å². The van der Waals surface area contributed by atoms with Gasteiger partial charge in [0.2, 0.25) is 0 Å². The number of esters is 1. The number of rotatable bonds is 6. The Morgan fingerprint density at radius 1 is 1.73 bits per heavy atom. The van der Waals surface area contributed by atoms with Crippen LogP contribution in [0.1, 0.15) is 0 Å². The van der Waals surface area contributed by atoms with E-state index in [9.17, 15) is 4.79 Å². The number of carbonyl (C=O) groups excluding carboxylic acids is 1. The molecule has 0 amide bonds. The van der Waals surface area contributed by atoms with E-state index in [1.54, 1.807) is 6.20 Å². The molecule has 15 heavy (non-hydrogen) atoms. The molecule has 0 saturated carbocycles. The van der Waals surface area contributed by atoms with Gasteiger partial charge in [0, 0.05) is 25.5 Å². The van der Waals surface area contributed by atoms with Crippen molar-refractivity contribution in [3.05, 3.63) is 18.5 Å². The maximum Gasteiger partial charge on any atom is 0.319 e. The third kappa shape index (κ3) is 4.61. The van der Waals surface area contributed by atoms with Gasteiger partial charge in [0.1, 0.15) is 3.92 Å². The standard InChI is InChI=1S/C9H14IN3O2/c1-15-9(14)8(10)7-11-4-6-13-5-2-3-12-13/h2-3,5,8,11H,4,6-7H2,1H3. The number of ether oxygens (including phenoxy) is 1. The van der Waals surface area contributed by atoms with E-state index in [4.69, 9.17) is 0 Å². The summed E-state index contributed by atoms with van der Waals surface area (Å²) < 4.78 is 6.32. The summed E-state index contributed by atoms with van der Waals surface area (Å²) in [5.41, 5.74) is 0. The first-order valence-electron chi connectivity index (χ1n) is 4.64. The Morgan fingerprint density at radius 3 is 3.13 bits per heavy atom. The third-order valence-corrected chi connectivity index (χ3v) is 2.81. The number of carbonyl (C=O) groups is 1. The van der Waals surface area contributed by atoms with Gasteiger partial charge in [-0.15, -0.1) is 0 Å². The van der Waals surface area contributed by atoms with E-state index in [2.05, 4.69) is 37.7 Å². The van der Waals surface area contributed by atoms with E-state index in [0.29, 0.717) is 6.54 Å². The first kappa shape index (κ1) is 12.4. The van der Waals surface area contributed by atoms with Crippen LogP contribution in [0.15, 0.2) is 18.5 Å². The van der Waals surface area contributed by atoms with Crippen LogP contribution in [0.3, 0.4) is 0 Å². The minimum absolute atomic E-state index is 0.134. The molecule has 1 heterocycles. The molecule has 0 aromatic carbocycles. The SMILES string of the molecule is COC(=O)C(I)CNCCn1cccn1. The molecule has 0 spiro atoms. The predicted molar refractivity (Wildman–Crippen MR) is 64.9 cm³/mol. The summed E-state index contributed by atoms with van der Waals surface area (Å²) in [6, 6.07) is 1.88. The van der Waals surface area contributed by atoms with Crippen molar-refractivity contribution < 1.29 is 9.53 Å². The average molecular weight is 323 g/mol. The number of nitrogens with zero attached hydrogens (tertiary/aromatic N) is 2. The summed E-state index contributed by atoms with van der Waals surface area (Å²) >= 11 is 2.06. The lowest BCUT2D eigenvalue weighted by atomic mass is 10.4. The lowest BCUT2D eigenvalue weighted by Gasteiger charge is -2.08. The Labute approximate surface area is 102 Å². The fourth-order valence-corrected chi connectivity index (χ4v) is 1.63. The van der Waals surface area contributed by atoms with Crippen molar-refractivity contribution in [1.29, 1.82) is 0 Å². The van der Waals surface area contributed by atoms with Crippen molar-refractivity contribution in [2.75, 3.05) is 20.2 Å². The molecule has 84 valence electrons. The minimum Gasteiger partial charge on any atom is -0.468 e. The maximum absolute atomic E-state index is 11.0. The van der Waals surface area contributed by atoms with E-state index in [0.717, 1.165) is 13.1 Å². The van der Waals surface area contributed by atoms with E-state index < -0.39 is 0 Å². The number of alkyl halides is 1. The molecule has 0 radical (unpaired) electrons. The Balaban J connectivity index is 2.09.